The Kier molecular flexibility index (Phi) is 4.73. The van der Waals surface area contributed by atoms with E-state index >= 15 is 0 Å². The highest BCUT2D eigenvalue weighted by Crippen LogP contribution is 2.36. The lowest BCUT2D eigenvalue weighted by molar-refractivity contribution is 0.00578. The SMILES string of the molecule is CCc1cc(B2OC(C)(C)C(C)(C)O2)ccc1C(=O)NC1CN(C)C1. The maximum atomic E-state index is 12.6. The molecular formula is C19H29BN2O3. The average molecular weight is 344 g/mol. The summed E-state index contributed by atoms with van der Waals surface area (Å²) in [6.45, 7) is 12.1. The van der Waals surface area contributed by atoms with Gasteiger partial charge in [0.15, 0.2) is 0 Å². The molecule has 0 saturated carbocycles. The number of carbonyl (C=O) groups is 1. The second kappa shape index (κ2) is 6.42. The molecule has 0 atom stereocenters. The number of hydrogen-bond donors (Lipinski definition) is 1. The van der Waals surface area contributed by atoms with E-state index in [9.17, 15) is 4.79 Å². The molecule has 0 bridgehead atoms. The van der Waals surface area contributed by atoms with Crippen molar-refractivity contribution in [2.24, 2.45) is 0 Å². The van der Waals surface area contributed by atoms with Crippen LogP contribution in [0.4, 0.5) is 0 Å². The van der Waals surface area contributed by atoms with Gasteiger partial charge >= 0.3 is 7.12 Å². The molecule has 6 heteroatoms. The van der Waals surface area contributed by atoms with Gasteiger partial charge in [-0.25, -0.2) is 0 Å². The zero-order valence-corrected chi connectivity index (χ0v) is 16.2. The minimum Gasteiger partial charge on any atom is -0.399 e. The zero-order valence-electron chi connectivity index (χ0n) is 16.2. The van der Waals surface area contributed by atoms with Crippen LogP contribution >= 0.6 is 0 Å². The van der Waals surface area contributed by atoms with Crippen LogP contribution in [-0.4, -0.2) is 55.3 Å². The van der Waals surface area contributed by atoms with Crippen LogP contribution in [0.3, 0.4) is 0 Å². The molecule has 0 aromatic heterocycles. The third-order valence-electron chi connectivity index (χ3n) is 5.68. The fourth-order valence-electron chi connectivity index (χ4n) is 3.31. The molecule has 1 N–H and O–H groups in total. The molecule has 2 fully saturated rings. The molecule has 0 radical (unpaired) electrons. The van der Waals surface area contributed by atoms with Crippen molar-refractivity contribution in [3.63, 3.8) is 0 Å². The van der Waals surface area contributed by atoms with Gasteiger partial charge in [0.2, 0.25) is 0 Å². The Bertz CT molecular complexity index is 653. The third kappa shape index (κ3) is 3.48. The summed E-state index contributed by atoms with van der Waals surface area (Å²) >= 11 is 0. The number of benzene rings is 1. The maximum absolute atomic E-state index is 12.6. The topological polar surface area (TPSA) is 50.8 Å². The van der Waals surface area contributed by atoms with Crippen LogP contribution in [0.2, 0.25) is 0 Å². The van der Waals surface area contributed by atoms with Gasteiger partial charge in [-0.15, -0.1) is 0 Å². The standard InChI is InChI=1S/C19H29BN2O3/c1-7-13-10-14(20-24-18(2,3)19(4,5)25-20)8-9-16(13)17(23)21-15-11-22(6)12-15/h8-10,15H,7,11-12H2,1-6H3,(H,21,23). The Labute approximate surface area is 151 Å². The normalized spacial score (nSPS) is 22.7. The monoisotopic (exact) mass is 344 g/mol. The van der Waals surface area contributed by atoms with Gasteiger partial charge in [-0.3, -0.25) is 4.79 Å². The van der Waals surface area contributed by atoms with Gasteiger partial charge in [0.25, 0.3) is 5.91 Å². The Balaban J connectivity index is 1.77. The summed E-state index contributed by atoms with van der Waals surface area (Å²) in [5.74, 6) is 0.00965. The summed E-state index contributed by atoms with van der Waals surface area (Å²) in [7, 11) is 1.66. The predicted octanol–water partition coefficient (Wildman–Crippen LogP) is 1.59. The smallest absolute Gasteiger partial charge is 0.399 e. The first kappa shape index (κ1) is 18.4. The molecule has 2 heterocycles. The van der Waals surface area contributed by atoms with Crippen LogP contribution in [0, 0.1) is 0 Å². The number of nitrogens with one attached hydrogen (secondary N) is 1. The Morgan fingerprint density at radius 1 is 1.24 bits per heavy atom. The van der Waals surface area contributed by atoms with Crippen molar-refractivity contribution in [3.05, 3.63) is 29.3 Å². The average Bonchev–Trinajstić information content (AvgIpc) is 2.73. The number of hydrogen-bond acceptors (Lipinski definition) is 4. The number of likely N-dealkylation sites (tertiary alicyclic amines) is 1. The predicted molar refractivity (Wildman–Crippen MR) is 100 cm³/mol. The van der Waals surface area contributed by atoms with E-state index in [2.05, 4.69) is 24.2 Å². The quantitative estimate of drug-likeness (QED) is 0.843. The van der Waals surface area contributed by atoms with Crippen molar-refractivity contribution < 1.29 is 14.1 Å². The van der Waals surface area contributed by atoms with Crippen molar-refractivity contribution in [2.75, 3.05) is 20.1 Å². The van der Waals surface area contributed by atoms with E-state index in [4.69, 9.17) is 9.31 Å². The third-order valence-corrected chi connectivity index (χ3v) is 5.68. The van der Waals surface area contributed by atoms with Crippen LogP contribution in [0.25, 0.3) is 0 Å². The van der Waals surface area contributed by atoms with E-state index in [1.54, 1.807) is 0 Å². The number of nitrogens with zero attached hydrogens (tertiary/aromatic N) is 1. The molecule has 3 rings (SSSR count). The molecule has 5 nitrogen and oxygen atoms in total. The molecule has 2 aliphatic rings. The first-order valence-electron chi connectivity index (χ1n) is 9.11. The lowest BCUT2D eigenvalue weighted by Crippen LogP contribution is -2.57. The summed E-state index contributed by atoms with van der Waals surface area (Å²) in [6.07, 6.45) is 0.792. The highest BCUT2D eigenvalue weighted by Gasteiger charge is 2.51. The van der Waals surface area contributed by atoms with Crippen LogP contribution < -0.4 is 10.8 Å². The first-order chi connectivity index (χ1) is 11.6. The van der Waals surface area contributed by atoms with Crippen molar-refractivity contribution in [2.45, 2.75) is 58.3 Å². The van der Waals surface area contributed by atoms with Gasteiger partial charge in [0.05, 0.1) is 17.2 Å². The van der Waals surface area contributed by atoms with E-state index in [-0.39, 0.29) is 23.2 Å². The van der Waals surface area contributed by atoms with Crippen LogP contribution in [0.1, 0.15) is 50.5 Å². The van der Waals surface area contributed by atoms with E-state index in [0.29, 0.717) is 0 Å². The second-order valence-corrected chi connectivity index (χ2v) is 8.25. The minimum atomic E-state index is -0.396. The first-order valence-corrected chi connectivity index (χ1v) is 9.11. The summed E-state index contributed by atoms with van der Waals surface area (Å²) < 4.78 is 12.2. The highest BCUT2D eigenvalue weighted by atomic mass is 16.7. The fourth-order valence-corrected chi connectivity index (χ4v) is 3.31. The zero-order chi connectivity index (χ0) is 18.4. The molecule has 2 saturated heterocycles. The molecule has 1 aromatic carbocycles. The molecule has 25 heavy (non-hydrogen) atoms. The molecule has 0 aliphatic carbocycles. The van der Waals surface area contributed by atoms with E-state index in [1.807, 2.05) is 45.9 Å². The summed E-state index contributed by atoms with van der Waals surface area (Å²) in [5.41, 5.74) is 2.01. The molecule has 1 amide bonds. The second-order valence-electron chi connectivity index (χ2n) is 8.25. The summed E-state index contributed by atoms with van der Waals surface area (Å²) in [4.78, 5) is 14.8. The van der Waals surface area contributed by atoms with E-state index < -0.39 is 7.12 Å². The van der Waals surface area contributed by atoms with Crippen LogP contribution in [0.5, 0.6) is 0 Å². The number of rotatable bonds is 4. The van der Waals surface area contributed by atoms with Gasteiger partial charge in [-0.2, -0.15) is 0 Å². The molecule has 1 aromatic rings. The minimum absolute atomic E-state index is 0.00965. The van der Waals surface area contributed by atoms with Crippen molar-refractivity contribution in [3.8, 4) is 0 Å². The van der Waals surface area contributed by atoms with E-state index in [1.165, 1.54) is 0 Å². The summed E-state index contributed by atoms with van der Waals surface area (Å²) in [5, 5.41) is 3.11. The Hall–Kier alpha value is -1.37. The van der Waals surface area contributed by atoms with Gasteiger partial charge in [0, 0.05) is 18.7 Å². The molecule has 2 aliphatic heterocycles. The van der Waals surface area contributed by atoms with Gasteiger partial charge in [0.1, 0.15) is 0 Å². The highest BCUT2D eigenvalue weighted by molar-refractivity contribution is 6.62. The summed E-state index contributed by atoms with van der Waals surface area (Å²) in [6, 6.07) is 6.15. The Morgan fingerprint density at radius 2 is 1.84 bits per heavy atom. The number of carbonyl (C=O) groups excluding carboxylic acids is 1. The molecule has 0 unspecified atom stereocenters. The molecule has 0 spiro atoms. The lowest BCUT2D eigenvalue weighted by atomic mass is 9.77. The largest absolute Gasteiger partial charge is 0.494 e. The van der Waals surface area contributed by atoms with Gasteiger partial charge < -0.3 is 19.5 Å². The Morgan fingerprint density at radius 3 is 2.36 bits per heavy atom. The number of amides is 1. The van der Waals surface area contributed by atoms with Crippen LogP contribution in [-0.2, 0) is 15.7 Å². The lowest BCUT2D eigenvalue weighted by Gasteiger charge is -2.36. The number of likely N-dealkylation sites (N-methyl/N-ethyl adjacent to an activating group) is 1. The van der Waals surface area contributed by atoms with Crippen LogP contribution in [0.15, 0.2) is 18.2 Å². The van der Waals surface area contributed by atoms with Gasteiger partial charge in [-0.05, 0) is 58.3 Å². The van der Waals surface area contributed by atoms with Crippen molar-refractivity contribution in [1.29, 1.82) is 0 Å². The fraction of sp³-hybridized carbons (Fsp3) is 0.632. The van der Waals surface area contributed by atoms with Crippen molar-refractivity contribution >= 4 is 18.5 Å². The number of aryl methyl sites for hydroxylation is 1. The van der Waals surface area contributed by atoms with E-state index in [0.717, 1.165) is 36.1 Å². The van der Waals surface area contributed by atoms with Crippen molar-refractivity contribution in [1.82, 2.24) is 10.2 Å². The van der Waals surface area contributed by atoms with Gasteiger partial charge in [-0.1, -0.05) is 19.1 Å². The maximum Gasteiger partial charge on any atom is 0.494 e. The molecular weight excluding hydrogens is 315 g/mol. The molecule has 136 valence electrons.